The van der Waals surface area contributed by atoms with Crippen LogP contribution in [0.15, 0.2) is 46.1 Å². The molecule has 186 valence electrons. The van der Waals surface area contributed by atoms with Crippen molar-refractivity contribution in [2.24, 2.45) is 0 Å². The summed E-state index contributed by atoms with van der Waals surface area (Å²) >= 11 is 0. The molecular formula is C22H26F3N3O6. The zero-order valence-corrected chi connectivity index (χ0v) is 18.9. The minimum absolute atomic E-state index is 0.138. The van der Waals surface area contributed by atoms with E-state index in [1.807, 2.05) is 11.9 Å². The number of rotatable bonds is 7. The number of benzene rings is 1. The zero-order chi connectivity index (χ0) is 24.7. The molecule has 0 amide bonds. The van der Waals surface area contributed by atoms with Gasteiger partial charge in [-0.2, -0.15) is 13.2 Å². The third-order valence-corrected chi connectivity index (χ3v) is 5.52. The molecule has 4 rings (SSSR count). The Morgan fingerprint density at radius 2 is 1.79 bits per heavy atom. The van der Waals surface area contributed by atoms with Crippen molar-refractivity contribution >= 4 is 0 Å². The predicted molar refractivity (Wildman–Crippen MR) is 113 cm³/mol. The van der Waals surface area contributed by atoms with E-state index in [0.717, 1.165) is 5.56 Å². The topological polar surface area (TPSA) is 95.0 Å². The van der Waals surface area contributed by atoms with E-state index in [2.05, 4.69) is 4.98 Å². The highest BCUT2D eigenvalue weighted by molar-refractivity contribution is 5.27. The van der Waals surface area contributed by atoms with E-state index in [-0.39, 0.29) is 5.75 Å². The van der Waals surface area contributed by atoms with E-state index < -0.39 is 54.4 Å². The number of nitrogens with zero attached hydrogens (tertiary/aromatic N) is 2. The Morgan fingerprint density at radius 1 is 1.12 bits per heavy atom. The summed E-state index contributed by atoms with van der Waals surface area (Å²) in [4.78, 5) is 28.0. The summed E-state index contributed by atoms with van der Waals surface area (Å²) in [6.45, 7) is 3.14. The van der Waals surface area contributed by atoms with Crippen LogP contribution in [0.1, 0.15) is 25.6 Å². The van der Waals surface area contributed by atoms with E-state index in [1.54, 1.807) is 26.0 Å². The van der Waals surface area contributed by atoms with Crippen LogP contribution in [0, 0.1) is 0 Å². The van der Waals surface area contributed by atoms with E-state index in [1.165, 1.54) is 29.0 Å². The molecule has 0 radical (unpaired) electrons. The molecule has 1 N–H and O–H groups in total. The monoisotopic (exact) mass is 485 g/mol. The van der Waals surface area contributed by atoms with Crippen LogP contribution in [0.25, 0.3) is 0 Å². The quantitative estimate of drug-likeness (QED) is 0.641. The Bertz CT molecular complexity index is 1110. The van der Waals surface area contributed by atoms with Crippen molar-refractivity contribution < 1.29 is 32.1 Å². The number of hydrogen-bond donors (Lipinski definition) is 1. The fourth-order valence-electron chi connectivity index (χ4n) is 4.20. The van der Waals surface area contributed by atoms with Crippen LogP contribution in [-0.4, -0.2) is 64.9 Å². The van der Waals surface area contributed by atoms with Crippen molar-refractivity contribution in [2.45, 2.75) is 56.9 Å². The molecule has 3 heterocycles. The smallest absolute Gasteiger partial charge is 0.422 e. The second-order valence-electron chi connectivity index (χ2n) is 8.89. The van der Waals surface area contributed by atoms with Gasteiger partial charge in [0, 0.05) is 25.4 Å². The van der Waals surface area contributed by atoms with Crippen LogP contribution in [0.5, 0.6) is 5.75 Å². The first kappa shape index (κ1) is 24.5. The maximum absolute atomic E-state index is 12.3. The van der Waals surface area contributed by atoms with Gasteiger partial charge in [0.2, 0.25) is 0 Å². The van der Waals surface area contributed by atoms with Crippen LogP contribution < -0.4 is 16.0 Å². The molecule has 4 atom stereocenters. The maximum Gasteiger partial charge on any atom is 0.422 e. The van der Waals surface area contributed by atoms with Crippen LogP contribution in [0.4, 0.5) is 13.2 Å². The van der Waals surface area contributed by atoms with Gasteiger partial charge in [-0.05, 0) is 38.6 Å². The average molecular weight is 485 g/mol. The van der Waals surface area contributed by atoms with Crippen molar-refractivity contribution in [3.05, 3.63) is 62.9 Å². The van der Waals surface area contributed by atoms with Crippen molar-refractivity contribution in [1.29, 1.82) is 0 Å². The highest BCUT2D eigenvalue weighted by Gasteiger charge is 2.56. The molecule has 2 aromatic rings. The maximum atomic E-state index is 12.3. The molecule has 0 unspecified atom stereocenters. The lowest BCUT2D eigenvalue weighted by Gasteiger charge is -2.27. The first-order chi connectivity index (χ1) is 15.9. The summed E-state index contributed by atoms with van der Waals surface area (Å²) < 4.78 is 61.1. The van der Waals surface area contributed by atoms with Crippen molar-refractivity contribution in [3.8, 4) is 5.75 Å². The Morgan fingerprint density at radius 3 is 2.44 bits per heavy atom. The van der Waals surface area contributed by atoms with Gasteiger partial charge >= 0.3 is 11.9 Å². The summed E-state index contributed by atoms with van der Waals surface area (Å²) in [6.07, 6.45) is -5.24. The Kier molecular flexibility index (Phi) is 6.60. The second-order valence-corrected chi connectivity index (χ2v) is 8.89. The summed E-state index contributed by atoms with van der Waals surface area (Å²) in [5, 5.41) is 0. The molecule has 0 bridgehead atoms. The Hall–Kier alpha value is -2.67. The van der Waals surface area contributed by atoms with E-state index in [9.17, 15) is 22.8 Å². The molecule has 2 aliphatic rings. The number of fused-ring (bicyclic) bond motifs is 1. The number of H-pyrrole nitrogens is 1. The highest BCUT2D eigenvalue weighted by atomic mass is 19.4. The number of likely N-dealkylation sites (N-methyl/N-ethyl adjacent to an activating group) is 1. The fourth-order valence-corrected chi connectivity index (χ4v) is 4.20. The van der Waals surface area contributed by atoms with Crippen molar-refractivity contribution in [3.63, 3.8) is 0 Å². The molecular weight excluding hydrogens is 459 g/mol. The van der Waals surface area contributed by atoms with Gasteiger partial charge in [0.15, 0.2) is 18.6 Å². The first-order valence-corrected chi connectivity index (χ1v) is 10.7. The molecule has 9 nitrogen and oxygen atoms in total. The lowest BCUT2D eigenvalue weighted by atomic mass is 10.1. The highest BCUT2D eigenvalue weighted by Crippen LogP contribution is 2.42. The first-order valence-electron chi connectivity index (χ1n) is 10.7. The van der Waals surface area contributed by atoms with Gasteiger partial charge in [-0.25, -0.2) is 4.79 Å². The standard InChI is InChI=1S/C22H26F3N3O6/c1-21(2)33-17-15(32-19(18(17)34-21)28-9-8-16(29)26-20(28)30)11-27(3)10-13-4-6-14(7-5-13)31-12-22(23,24)25/h4-9,15,17-19H,10-12H2,1-3H3,(H,26,29,30)/t15-,17-,18-,19-/m1/s1. The Balaban J connectivity index is 1.42. The van der Waals surface area contributed by atoms with Gasteiger partial charge in [0.05, 0.1) is 0 Å². The van der Waals surface area contributed by atoms with E-state index in [0.29, 0.717) is 13.1 Å². The molecule has 34 heavy (non-hydrogen) atoms. The van der Waals surface area contributed by atoms with Crippen LogP contribution in [-0.2, 0) is 20.8 Å². The molecule has 2 fully saturated rings. The van der Waals surface area contributed by atoms with Gasteiger partial charge in [0.1, 0.15) is 24.1 Å². The molecule has 2 saturated heterocycles. The van der Waals surface area contributed by atoms with Crippen LogP contribution in [0.2, 0.25) is 0 Å². The lowest BCUT2D eigenvalue weighted by Crippen LogP contribution is -2.38. The van der Waals surface area contributed by atoms with Crippen LogP contribution in [0.3, 0.4) is 0 Å². The summed E-state index contributed by atoms with van der Waals surface area (Å²) in [6, 6.07) is 7.61. The molecule has 0 aliphatic carbocycles. The minimum atomic E-state index is -4.39. The number of aromatic nitrogens is 2. The SMILES string of the molecule is CN(Cc1ccc(OCC(F)(F)F)cc1)C[C@H]1O[C@@H](n2ccc(=O)[nH]c2=O)[C@@H]2OC(C)(C)O[C@@H]21. The third kappa shape index (κ3) is 5.69. The number of halogens is 3. The Labute approximate surface area is 193 Å². The van der Waals surface area contributed by atoms with E-state index >= 15 is 0 Å². The summed E-state index contributed by atoms with van der Waals surface area (Å²) in [5.41, 5.74) is -0.244. The molecule has 12 heteroatoms. The number of nitrogens with one attached hydrogen (secondary N) is 1. The van der Waals surface area contributed by atoms with Crippen LogP contribution >= 0.6 is 0 Å². The third-order valence-electron chi connectivity index (χ3n) is 5.52. The number of aromatic amines is 1. The molecule has 1 aromatic heterocycles. The van der Waals surface area contributed by atoms with Crippen molar-refractivity contribution in [1.82, 2.24) is 14.5 Å². The fraction of sp³-hybridized carbons (Fsp3) is 0.545. The second kappa shape index (κ2) is 9.17. The normalized spacial score (nSPS) is 26.1. The molecule has 2 aliphatic heterocycles. The average Bonchev–Trinajstić information content (AvgIpc) is 3.20. The predicted octanol–water partition coefficient (Wildman–Crippen LogP) is 2.03. The largest absolute Gasteiger partial charge is 0.484 e. The zero-order valence-electron chi connectivity index (χ0n) is 18.9. The lowest BCUT2D eigenvalue weighted by molar-refractivity contribution is -0.198. The van der Waals surface area contributed by atoms with E-state index in [4.69, 9.17) is 18.9 Å². The van der Waals surface area contributed by atoms with Gasteiger partial charge in [-0.3, -0.25) is 19.2 Å². The molecule has 0 saturated carbocycles. The number of hydrogen-bond acceptors (Lipinski definition) is 7. The summed E-state index contributed by atoms with van der Waals surface area (Å²) in [7, 11) is 1.87. The summed E-state index contributed by atoms with van der Waals surface area (Å²) in [5.74, 6) is -0.731. The molecule has 1 aromatic carbocycles. The van der Waals surface area contributed by atoms with Gasteiger partial charge in [-0.1, -0.05) is 12.1 Å². The number of ether oxygens (including phenoxy) is 4. The van der Waals surface area contributed by atoms with Gasteiger partial charge in [0.25, 0.3) is 5.56 Å². The number of alkyl halides is 3. The minimum Gasteiger partial charge on any atom is -0.484 e. The molecule has 0 spiro atoms. The van der Waals surface area contributed by atoms with Gasteiger partial charge < -0.3 is 18.9 Å². The van der Waals surface area contributed by atoms with Gasteiger partial charge in [-0.15, -0.1) is 0 Å². The van der Waals surface area contributed by atoms with Crippen molar-refractivity contribution in [2.75, 3.05) is 20.2 Å².